The van der Waals surface area contributed by atoms with Crippen LogP contribution in [0, 0.1) is 0 Å². The fraction of sp³-hybridized carbons (Fsp3) is 0.818. The number of amides is 2. The van der Waals surface area contributed by atoms with Gasteiger partial charge in [-0.15, -0.1) is 0 Å². The summed E-state index contributed by atoms with van der Waals surface area (Å²) in [6, 6.07) is -0.0826. The molecule has 17 heavy (non-hydrogen) atoms. The minimum atomic E-state index is -0.795. The lowest BCUT2D eigenvalue weighted by atomic mass is 10.1. The van der Waals surface area contributed by atoms with E-state index >= 15 is 0 Å². The topological polar surface area (TPSA) is 78.9 Å². The lowest BCUT2D eigenvalue weighted by Gasteiger charge is -2.28. The smallest absolute Gasteiger partial charge is 0.317 e. The van der Waals surface area contributed by atoms with Gasteiger partial charge in [0, 0.05) is 25.6 Å². The highest BCUT2D eigenvalue weighted by Crippen LogP contribution is 2.03. The molecular weight excluding hydrogens is 224 g/mol. The van der Waals surface area contributed by atoms with Crippen molar-refractivity contribution in [2.75, 3.05) is 26.3 Å². The fourth-order valence-electron chi connectivity index (χ4n) is 1.70. The number of aliphatic carboxylic acids is 1. The molecule has 1 fully saturated rings. The number of carbonyl (C=O) groups is 2. The fourth-order valence-corrected chi connectivity index (χ4v) is 1.70. The number of rotatable bonds is 5. The summed E-state index contributed by atoms with van der Waals surface area (Å²) in [6.45, 7) is 4.29. The zero-order chi connectivity index (χ0) is 12.7. The Kier molecular flexibility index (Phi) is 5.76. The molecule has 0 bridgehead atoms. The summed E-state index contributed by atoms with van der Waals surface area (Å²) >= 11 is 0. The molecule has 1 rings (SSSR count). The minimum absolute atomic E-state index is 0.00435. The van der Waals surface area contributed by atoms with Gasteiger partial charge in [0.2, 0.25) is 0 Å². The van der Waals surface area contributed by atoms with Crippen LogP contribution in [0.3, 0.4) is 0 Å². The van der Waals surface area contributed by atoms with Gasteiger partial charge in [0.15, 0.2) is 0 Å². The van der Waals surface area contributed by atoms with Crippen LogP contribution in [-0.4, -0.2) is 54.4 Å². The molecule has 98 valence electrons. The molecule has 1 aliphatic rings. The van der Waals surface area contributed by atoms with Crippen LogP contribution in [-0.2, 0) is 9.53 Å². The zero-order valence-electron chi connectivity index (χ0n) is 10.1. The maximum Gasteiger partial charge on any atom is 0.317 e. The van der Waals surface area contributed by atoms with E-state index in [-0.39, 0.29) is 18.5 Å². The van der Waals surface area contributed by atoms with E-state index in [2.05, 4.69) is 5.32 Å². The molecule has 0 aromatic heterocycles. The van der Waals surface area contributed by atoms with E-state index in [4.69, 9.17) is 9.84 Å². The summed E-state index contributed by atoms with van der Waals surface area (Å²) in [4.78, 5) is 23.8. The molecule has 1 aliphatic heterocycles. The third-order valence-electron chi connectivity index (χ3n) is 2.70. The van der Waals surface area contributed by atoms with Crippen molar-refractivity contribution in [3.63, 3.8) is 0 Å². The SMILES string of the molecule is CC(CCCC(=O)O)NC(=O)N1CCOCC1. The molecule has 0 radical (unpaired) electrons. The summed E-state index contributed by atoms with van der Waals surface area (Å²) in [6.07, 6.45) is 1.42. The molecule has 0 aliphatic carbocycles. The monoisotopic (exact) mass is 244 g/mol. The summed E-state index contributed by atoms with van der Waals surface area (Å²) < 4.78 is 5.16. The lowest BCUT2D eigenvalue weighted by molar-refractivity contribution is -0.137. The first-order chi connectivity index (χ1) is 8.09. The van der Waals surface area contributed by atoms with Crippen molar-refractivity contribution in [1.29, 1.82) is 0 Å². The van der Waals surface area contributed by atoms with Crippen LogP contribution in [0.1, 0.15) is 26.2 Å². The van der Waals surface area contributed by atoms with Crippen molar-refractivity contribution in [2.24, 2.45) is 0 Å². The molecule has 2 N–H and O–H groups in total. The molecule has 1 atom stereocenters. The number of carbonyl (C=O) groups excluding carboxylic acids is 1. The highest BCUT2D eigenvalue weighted by atomic mass is 16.5. The molecule has 1 unspecified atom stereocenters. The molecular formula is C11H20N2O4. The third kappa shape index (κ3) is 5.53. The van der Waals surface area contributed by atoms with Gasteiger partial charge in [-0.2, -0.15) is 0 Å². The lowest BCUT2D eigenvalue weighted by Crippen LogP contribution is -2.48. The largest absolute Gasteiger partial charge is 0.481 e. The quantitative estimate of drug-likeness (QED) is 0.745. The number of carboxylic acids is 1. The van der Waals surface area contributed by atoms with E-state index in [1.165, 1.54) is 0 Å². The van der Waals surface area contributed by atoms with Gasteiger partial charge in [0.05, 0.1) is 13.2 Å². The van der Waals surface area contributed by atoms with Gasteiger partial charge in [-0.25, -0.2) is 4.79 Å². The first kappa shape index (κ1) is 13.8. The van der Waals surface area contributed by atoms with Gasteiger partial charge in [-0.1, -0.05) is 0 Å². The Morgan fingerprint density at radius 3 is 2.65 bits per heavy atom. The molecule has 0 spiro atoms. The van der Waals surface area contributed by atoms with Crippen LogP contribution in [0.2, 0.25) is 0 Å². The van der Waals surface area contributed by atoms with Crippen molar-refractivity contribution < 1.29 is 19.4 Å². The number of carboxylic acid groups (broad SMARTS) is 1. The summed E-state index contributed by atoms with van der Waals surface area (Å²) in [5, 5.41) is 11.4. The van der Waals surface area contributed by atoms with Gasteiger partial charge in [0.25, 0.3) is 0 Å². The van der Waals surface area contributed by atoms with Gasteiger partial charge in [0.1, 0.15) is 0 Å². The van der Waals surface area contributed by atoms with Crippen LogP contribution in [0.25, 0.3) is 0 Å². The first-order valence-corrected chi connectivity index (χ1v) is 5.94. The van der Waals surface area contributed by atoms with E-state index in [1.54, 1.807) is 4.90 Å². The van der Waals surface area contributed by atoms with Crippen LogP contribution in [0.15, 0.2) is 0 Å². The number of hydrogen-bond donors (Lipinski definition) is 2. The average Bonchev–Trinajstić information content (AvgIpc) is 2.29. The number of ether oxygens (including phenoxy) is 1. The molecule has 0 aromatic carbocycles. The predicted molar refractivity (Wildman–Crippen MR) is 61.9 cm³/mol. The summed E-state index contributed by atoms with van der Waals surface area (Å²) in [7, 11) is 0. The molecule has 0 aromatic rings. The van der Waals surface area contributed by atoms with E-state index in [9.17, 15) is 9.59 Å². The molecule has 2 amide bonds. The Morgan fingerprint density at radius 2 is 2.06 bits per heavy atom. The second kappa shape index (κ2) is 7.11. The third-order valence-corrected chi connectivity index (χ3v) is 2.70. The van der Waals surface area contributed by atoms with Crippen LogP contribution in [0.5, 0.6) is 0 Å². The van der Waals surface area contributed by atoms with Crippen molar-refractivity contribution >= 4 is 12.0 Å². The Morgan fingerprint density at radius 1 is 1.41 bits per heavy atom. The zero-order valence-corrected chi connectivity index (χ0v) is 10.1. The van der Waals surface area contributed by atoms with E-state index < -0.39 is 5.97 Å². The first-order valence-electron chi connectivity index (χ1n) is 5.94. The van der Waals surface area contributed by atoms with E-state index in [0.29, 0.717) is 39.1 Å². The predicted octanol–water partition coefficient (Wildman–Crippen LogP) is 0.672. The second-order valence-corrected chi connectivity index (χ2v) is 4.24. The van der Waals surface area contributed by atoms with Crippen molar-refractivity contribution in [3.8, 4) is 0 Å². The van der Waals surface area contributed by atoms with Crippen LogP contribution in [0.4, 0.5) is 4.79 Å². The number of urea groups is 1. The normalized spacial score (nSPS) is 17.6. The van der Waals surface area contributed by atoms with Gasteiger partial charge < -0.3 is 20.1 Å². The maximum absolute atomic E-state index is 11.7. The number of hydrogen-bond acceptors (Lipinski definition) is 3. The van der Waals surface area contributed by atoms with Crippen LogP contribution >= 0.6 is 0 Å². The van der Waals surface area contributed by atoms with Gasteiger partial charge >= 0.3 is 12.0 Å². The Balaban J connectivity index is 2.18. The average molecular weight is 244 g/mol. The summed E-state index contributed by atoms with van der Waals surface area (Å²) in [5.41, 5.74) is 0. The van der Waals surface area contributed by atoms with Gasteiger partial charge in [-0.3, -0.25) is 4.79 Å². The highest BCUT2D eigenvalue weighted by Gasteiger charge is 2.18. The Bertz CT molecular complexity index is 264. The second-order valence-electron chi connectivity index (χ2n) is 4.24. The van der Waals surface area contributed by atoms with Crippen molar-refractivity contribution in [2.45, 2.75) is 32.2 Å². The molecule has 1 saturated heterocycles. The number of morpholine rings is 1. The Labute approximate surface area is 101 Å². The maximum atomic E-state index is 11.7. The Hall–Kier alpha value is -1.30. The minimum Gasteiger partial charge on any atom is -0.481 e. The van der Waals surface area contributed by atoms with Crippen LogP contribution < -0.4 is 5.32 Å². The highest BCUT2D eigenvalue weighted by molar-refractivity contribution is 5.74. The summed E-state index contributed by atoms with van der Waals surface area (Å²) in [5.74, 6) is -0.795. The van der Waals surface area contributed by atoms with Crippen molar-refractivity contribution in [1.82, 2.24) is 10.2 Å². The molecule has 6 heteroatoms. The molecule has 0 saturated carbocycles. The van der Waals surface area contributed by atoms with E-state index in [1.807, 2.05) is 6.92 Å². The number of nitrogens with one attached hydrogen (secondary N) is 1. The molecule has 6 nitrogen and oxygen atoms in total. The van der Waals surface area contributed by atoms with Crippen molar-refractivity contribution in [3.05, 3.63) is 0 Å². The molecule has 1 heterocycles. The number of nitrogens with zero attached hydrogens (tertiary/aromatic N) is 1. The van der Waals surface area contributed by atoms with Gasteiger partial charge in [-0.05, 0) is 19.8 Å². The standard InChI is InChI=1S/C11H20N2O4/c1-9(3-2-4-10(14)15)12-11(16)13-5-7-17-8-6-13/h9H,2-8H2,1H3,(H,12,16)(H,14,15). The van der Waals surface area contributed by atoms with E-state index in [0.717, 1.165) is 0 Å².